The first-order chi connectivity index (χ1) is 10.3. The third kappa shape index (κ3) is 2.57. The fraction of sp³-hybridized carbons (Fsp3) is 0.158. The van der Waals surface area contributed by atoms with Gasteiger partial charge in [-0.25, -0.2) is 0 Å². The van der Waals surface area contributed by atoms with Gasteiger partial charge in [-0.2, -0.15) is 0 Å². The molecule has 3 rings (SSSR count). The van der Waals surface area contributed by atoms with Crippen LogP contribution < -0.4 is 4.74 Å². The molecule has 1 aromatic heterocycles. The highest BCUT2D eigenvalue weighted by atomic mass is 16.5. The number of benzene rings is 2. The molecule has 0 radical (unpaired) electrons. The minimum atomic E-state index is 0.886. The fourth-order valence-corrected chi connectivity index (χ4v) is 2.68. The van der Waals surface area contributed by atoms with Gasteiger partial charge in [0, 0.05) is 17.9 Å². The summed E-state index contributed by atoms with van der Waals surface area (Å²) < 4.78 is 7.57. The van der Waals surface area contributed by atoms with Crippen LogP contribution in [-0.4, -0.2) is 11.7 Å². The van der Waals surface area contributed by atoms with Crippen LogP contribution in [-0.2, 0) is 6.54 Å². The molecule has 1 heterocycles. The van der Waals surface area contributed by atoms with Crippen LogP contribution in [0.5, 0.6) is 5.75 Å². The van der Waals surface area contributed by atoms with Gasteiger partial charge >= 0.3 is 0 Å². The summed E-state index contributed by atoms with van der Waals surface area (Å²) in [5.74, 6) is 0.886. The molecule has 0 aliphatic carbocycles. The topological polar surface area (TPSA) is 14.2 Å². The number of rotatable bonds is 4. The van der Waals surface area contributed by atoms with Crippen molar-refractivity contribution in [3.8, 4) is 28.3 Å². The van der Waals surface area contributed by atoms with Crippen molar-refractivity contribution < 1.29 is 4.74 Å². The average Bonchev–Trinajstić information content (AvgIpc) is 2.99. The van der Waals surface area contributed by atoms with E-state index in [4.69, 9.17) is 4.74 Å². The van der Waals surface area contributed by atoms with Gasteiger partial charge in [0.05, 0.1) is 7.11 Å². The van der Waals surface area contributed by atoms with Crippen molar-refractivity contribution in [2.24, 2.45) is 0 Å². The first-order valence-corrected chi connectivity index (χ1v) is 7.23. The predicted molar refractivity (Wildman–Crippen MR) is 87.5 cm³/mol. The Morgan fingerprint density at radius 1 is 0.762 bits per heavy atom. The Morgan fingerprint density at radius 2 is 1.33 bits per heavy atom. The van der Waals surface area contributed by atoms with Crippen LogP contribution in [0.15, 0.2) is 66.7 Å². The Kier molecular flexibility index (Phi) is 3.78. The summed E-state index contributed by atoms with van der Waals surface area (Å²) in [6, 6.07) is 23.1. The van der Waals surface area contributed by atoms with E-state index in [1.165, 1.54) is 22.5 Å². The second-order valence-electron chi connectivity index (χ2n) is 4.94. The Hall–Kier alpha value is -2.48. The van der Waals surface area contributed by atoms with E-state index in [9.17, 15) is 0 Å². The number of hydrogen-bond donors (Lipinski definition) is 0. The molecular weight excluding hydrogens is 258 g/mol. The Bertz CT molecular complexity index is 711. The highest BCUT2D eigenvalue weighted by molar-refractivity contribution is 5.70. The second kappa shape index (κ2) is 5.88. The molecule has 0 saturated heterocycles. The lowest BCUT2D eigenvalue weighted by atomic mass is 10.1. The van der Waals surface area contributed by atoms with Crippen molar-refractivity contribution in [2.75, 3.05) is 7.11 Å². The van der Waals surface area contributed by atoms with Crippen LogP contribution in [0.1, 0.15) is 6.92 Å². The molecule has 0 unspecified atom stereocenters. The van der Waals surface area contributed by atoms with Crippen LogP contribution >= 0.6 is 0 Å². The minimum Gasteiger partial charge on any atom is -0.497 e. The standard InChI is InChI=1S/C19H19NO/c1-3-20-18(15-7-5-4-6-8-15)13-14-19(20)16-9-11-17(21-2)12-10-16/h4-14H,3H2,1-2H3. The van der Waals surface area contributed by atoms with Crippen molar-refractivity contribution in [3.05, 3.63) is 66.7 Å². The zero-order chi connectivity index (χ0) is 14.7. The van der Waals surface area contributed by atoms with E-state index >= 15 is 0 Å². The van der Waals surface area contributed by atoms with Crippen LogP contribution in [0.2, 0.25) is 0 Å². The van der Waals surface area contributed by atoms with E-state index < -0.39 is 0 Å². The van der Waals surface area contributed by atoms with Crippen LogP contribution in [0, 0.1) is 0 Å². The Labute approximate surface area is 125 Å². The molecule has 2 nitrogen and oxygen atoms in total. The molecule has 3 aromatic rings. The van der Waals surface area contributed by atoms with Gasteiger partial charge < -0.3 is 9.30 Å². The summed E-state index contributed by atoms with van der Waals surface area (Å²) in [4.78, 5) is 0. The van der Waals surface area contributed by atoms with Gasteiger partial charge in [0.1, 0.15) is 5.75 Å². The van der Waals surface area contributed by atoms with Crippen molar-refractivity contribution in [1.29, 1.82) is 0 Å². The number of aromatic nitrogens is 1. The molecule has 0 amide bonds. The number of hydrogen-bond acceptors (Lipinski definition) is 1. The van der Waals surface area contributed by atoms with E-state index in [2.05, 4.69) is 60.0 Å². The average molecular weight is 277 g/mol. The van der Waals surface area contributed by atoms with Gasteiger partial charge in [0.25, 0.3) is 0 Å². The lowest BCUT2D eigenvalue weighted by molar-refractivity contribution is 0.415. The molecule has 21 heavy (non-hydrogen) atoms. The van der Waals surface area contributed by atoms with Crippen molar-refractivity contribution in [3.63, 3.8) is 0 Å². The summed E-state index contributed by atoms with van der Waals surface area (Å²) in [7, 11) is 1.69. The number of methoxy groups -OCH3 is 1. The smallest absolute Gasteiger partial charge is 0.118 e. The Balaban J connectivity index is 2.05. The first kappa shape index (κ1) is 13.5. The molecule has 0 fully saturated rings. The van der Waals surface area contributed by atoms with E-state index in [0.717, 1.165) is 12.3 Å². The third-order valence-electron chi connectivity index (χ3n) is 3.75. The molecule has 0 aliphatic rings. The summed E-state index contributed by atoms with van der Waals surface area (Å²) in [6.45, 7) is 3.12. The second-order valence-corrected chi connectivity index (χ2v) is 4.94. The summed E-state index contributed by atoms with van der Waals surface area (Å²) >= 11 is 0. The fourth-order valence-electron chi connectivity index (χ4n) is 2.68. The SMILES string of the molecule is CCn1c(-c2ccccc2)ccc1-c1ccc(OC)cc1. The van der Waals surface area contributed by atoms with Crippen LogP contribution in [0.3, 0.4) is 0 Å². The summed E-state index contributed by atoms with van der Waals surface area (Å²) in [6.07, 6.45) is 0. The van der Waals surface area contributed by atoms with Gasteiger partial charge in [-0.05, 0) is 54.4 Å². The highest BCUT2D eigenvalue weighted by Crippen LogP contribution is 2.29. The molecule has 0 aliphatic heterocycles. The largest absolute Gasteiger partial charge is 0.497 e. The van der Waals surface area contributed by atoms with E-state index in [-0.39, 0.29) is 0 Å². The highest BCUT2D eigenvalue weighted by Gasteiger charge is 2.10. The van der Waals surface area contributed by atoms with Crippen LogP contribution in [0.4, 0.5) is 0 Å². The molecule has 2 aromatic carbocycles. The zero-order valence-electron chi connectivity index (χ0n) is 12.4. The molecule has 0 spiro atoms. The molecule has 2 heteroatoms. The maximum Gasteiger partial charge on any atom is 0.118 e. The van der Waals surface area contributed by atoms with Gasteiger partial charge in [0.2, 0.25) is 0 Å². The van der Waals surface area contributed by atoms with Gasteiger partial charge in [0.15, 0.2) is 0 Å². The van der Waals surface area contributed by atoms with Crippen molar-refractivity contribution in [1.82, 2.24) is 4.57 Å². The van der Waals surface area contributed by atoms with Crippen LogP contribution in [0.25, 0.3) is 22.5 Å². The molecule has 0 atom stereocenters. The molecule has 0 saturated carbocycles. The quantitative estimate of drug-likeness (QED) is 0.665. The number of nitrogens with zero attached hydrogens (tertiary/aromatic N) is 1. The van der Waals surface area contributed by atoms with Gasteiger partial charge in [-0.1, -0.05) is 30.3 Å². The normalized spacial score (nSPS) is 10.6. The molecule has 106 valence electrons. The van der Waals surface area contributed by atoms with E-state index in [1.54, 1.807) is 7.11 Å². The lowest BCUT2D eigenvalue weighted by Gasteiger charge is -2.12. The van der Waals surface area contributed by atoms with Gasteiger partial charge in [-0.15, -0.1) is 0 Å². The molecule has 0 bridgehead atoms. The monoisotopic (exact) mass is 277 g/mol. The van der Waals surface area contributed by atoms with Crippen molar-refractivity contribution in [2.45, 2.75) is 13.5 Å². The lowest BCUT2D eigenvalue weighted by Crippen LogP contribution is -1.99. The summed E-state index contributed by atoms with van der Waals surface area (Å²) in [5.41, 5.74) is 4.95. The Morgan fingerprint density at radius 3 is 1.86 bits per heavy atom. The maximum absolute atomic E-state index is 5.23. The van der Waals surface area contributed by atoms with E-state index in [0.29, 0.717) is 0 Å². The third-order valence-corrected chi connectivity index (χ3v) is 3.75. The summed E-state index contributed by atoms with van der Waals surface area (Å²) in [5, 5.41) is 0. The molecular formula is C19H19NO. The minimum absolute atomic E-state index is 0.886. The molecule has 0 N–H and O–H groups in total. The maximum atomic E-state index is 5.23. The van der Waals surface area contributed by atoms with Gasteiger partial charge in [-0.3, -0.25) is 0 Å². The van der Waals surface area contributed by atoms with Crippen molar-refractivity contribution >= 4 is 0 Å². The predicted octanol–water partition coefficient (Wildman–Crippen LogP) is 4.85. The first-order valence-electron chi connectivity index (χ1n) is 7.23. The number of ether oxygens (including phenoxy) is 1. The zero-order valence-corrected chi connectivity index (χ0v) is 12.4. The van der Waals surface area contributed by atoms with E-state index in [1.807, 2.05) is 18.2 Å².